The number of rotatable bonds is 1. The van der Waals surface area contributed by atoms with E-state index in [9.17, 15) is 0 Å². The maximum Gasteiger partial charge on any atom is 0.137 e. The molecule has 0 unspecified atom stereocenters. The highest BCUT2D eigenvalue weighted by atomic mass is 14.8. The van der Waals surface area contributed by atoms with Crippen LogP contribution in [0.4, 0.5) is 0 Å². The molecule has 0 aromatic carbocycles. The standard InChI is InChI=1S/C10H7N3/c11-6-1-2-9-4-3-8-5-7-12-10(8)13-9/h1-5,7H,(H,12,13)/b2-1+. The van der Waals surface area contributed by atoms with Crippen LogP contribution in [-0.2, 0) is 0 Å². The number of allylic oxidation sites excluding steroid dienone is 1. The molecule has 62 valence electrons. The maximum absolute atomic E-state index is 8.33. The molecule has 0 amide bonds. The third-order valence-corrected chi connectivity index (χ3v) is 1.76. The molecule has 0 saturated carbocycles. The van der Waals surface area contributed by atoms with Crippen LogP contribution in [0.15, 0.2) is 30.5 Å². The lowest BCUT2D eigenvalue weighted by Gasteiger charge is -1.91. The van der Waals surface area contributed by atoms with Crippen LogP contribution in [0.25, 0.3) is 17.1 Å². The minimum absolute atomic E-state index is 0.788. The fraction of sp³-hybridized carbons (Fsp3) is 0. The zero-order valence-electron chi connectivity index (χ0n) is 6.86. The Morgan fingerprint density at radius 1 is 1.38 bits per heavy atom. The van der Waals surface area contributed by atoms with Crippen LogP contribution in [-0.4, -0.2) is 9.97 Å². The van der Waals surface area contributed by atoms with Crippen molar-refractivity contribution < 1.29 is 0 Å². The molecular formula is C10H7N3. The summed E-state index contributed by atoms with van der Waals surface area (Å²) in [6.07, 6.45) is 4.94. The third-order valence-electron chi connectivity index (χ3n) is 1.76. The topological polar surface area (TPSA) is 52.5 Å². The van der Waals surface area contributed by atoms with Crippen molar-refractivity contribution >= 4 is 17.1 Å². The van der Waals surface area contributed by atoms with Crippen LogP contribution in [0.2, 0.25) is 0 Å². The van der Waals surface area contributed by atoms with Crippen LogP contribution < -0.4 is 0 Å². The first-order valence-corrected chi connectivity index (χ1v) is 3.90. The van der Waals surface area contributed by atoms with Crippen LogP contribution in [0.1, 0.15) is 5.69 Å². The van der Waals surface area contributed by atoms with Crippen LogP contribution in [0.3, 0.4) is 0 Å². The van der Waals surface area contributed by atoms with Gasteiger partial charge in [-0.25, -0.2) is 4.98 Å². The normalized spacial score (nSPS) is 10.7. The van der Waals surface area contributed by atoms with E-state index in [0.29, 0.717) is 0 Å². The molecule has 3 nitrogen and oxygen atoms in total. The van der Waals surface area contributed by atoms with Gasteiger partial charge in [-0.2, -0.15) is 5.26 Å². The van der Waals surface area contributed by atoms with Gasteiger partial charge in [0.05, 0.1) is 11.8 Å². The second-order valence-corrected chi connectivity index (χ2v) is 2.61. The van der Waals surface area contributed by atoms with Crippen molar-refractivity contribution in [3.05, 3.63) is 36.2 Å². The number of hydrogen-bond acceptors (Lipinski definition) is 2. The summed E-state index contributed by atoms with van der Waals surface area (Å²) in [5.74, 6) is 0. The first kappa shape index (κ1) is 7.56. The number of fused-ring (bicyclic) bond motifs is 1. The van der Waals surface area contributed by atoms with Crippen molar-refractivity contribution in [3.8, 4) is 6.07 Å². The first-order chi connectivity index (χ1) is 6.40. The van der Waals surface area contributed by atoms with Gasteiger partial charge in [0.2, 0.25) is 0 Å². The minimum atomic E-state index is 0.788. The molecule has 3 heteroatoms. The van der Waals surface area contributed by atoms with E-state index < -0.39 is 0 Å². The predicted molar refractivity (Wildman–Crippen MR) is 50.7 cm³/mol. The Morgan fingerprint density at radius 3 is 3.15 bits per heavy atom. The second-order valence-electron chi connectivity index (χ2n) is 2.61. The Bertz CT molecular complexity index is 488. The molecule has 0 radical (unpaired) electrons. The van der Waals surface area contributed by atoms with Gasteiger partial charge in [-0.05, 0) is 24.3 Å². The fourth-order valence-electron chi connectivity index (χ4n) is 1.16. The lowest BCUT2D eigenvalue weighted by atomic mass is 10.3. The average Bonchev–Trinajstić information content (AvgIpc) is 2.61. The molecule has 2 aromatic rings. The highest BCUT2D eigenvalue weighted by Crippen LogP contribution is 2.10. The van der Waals surface area contributed by atoms with E-state index >= 15 is 0 Å². The highest BCUT2D eigenvalue weighted by molar-refractivity contribution is 5.76. The molecule has 0 spiro atoms. The molecule has 0 fully saturated rings. The maximum atomic E-state index is 8.33. The number of H-pyrrole nitrogens is 1. The van der Waals surface area contributed by atoms with E-state index in [-0.39, 0.29) is 0 Å². The van der Waals surface area contributed by atoms with Gasteiger partial charge in [-0.15, -0.1) is 0 Å². The van der Waals surface area contributed by atoms with E-state index in [2.05, 4.69) is 9.97 Å². The lowest BCUT2D eigenvalue weighted by molar-refractivity contribution is 1.30. The second kappa shape index (κ2) is 3.11. The zero-order valence-corrected chi connectivity index (χ0v) is 6.86. The molecule has 13 heavy (non-hydrogen) atoms. The fourth-order valence-corrected chi connectivity index (χ4v) is 1.16. The van der Waals surface area contributed by atoms with E-state index in [1.54, 1.807) is 6.08 Å². The minimum Gasteiger partial charge on any atom is -0.346 e. The number of aromatic amines is 1. The number of aromatic nitrogens is 2. The number of nitrogens with one attached hydrogen (secondary N) is 1. The molecule has 2 aromatic heterocycles. The Labute approximate surface area is 75.3 Å². The Balaban J connectivity index is 2.49. The quantitative estimate of drug-likeness (QED) is 0.664. The Hall–Kier alpha value is -2.08. The zero-order chi connectivity index (χ0) is 9.10. The first-order valence-electron chi connectivity index (χ1n) is 3.90. The summed E-state index contributed by atoms with van der Waals surface area (Å²) in [6, 6.07) is 7.73. The van der Waals surface area contributed by atoms with Gasteiger partial charge in [0.15, 0.2) is 0 Å². The molecule has 0 aliphatic heterocycles. The monoisotopic (exact) mass is 169 g/mol. The lowest BCUT2D eigenvalue weighted by Crippen LogP contribution is -1.80. The molecule has 0 bridgehead atoms. The highest BCUT2D eigenvalue weighted by Gasteiger charge is 1.94. The van der Waals surface area contributed by atoms with Crippen LogP contribution in [0.5, 0.6) is 0 Å². The van der Waals surface area contributed by atoms with Gasteiger partial charge < -0.3 is 4.98 Å². The number of nitriles is 1. The SMILES string of the molecule is N#C/C=C/c1ccc2cc[nH]c2n1. The average molecular weight is 169 g/mol. The van der Waals surface area contributed by atoms with Gasteiger partial charge in [0.25, 0.3) is 0 Å². The summed E-state index contributed by atoms with van der Waals surface area (Å²) in [5.41, 5.74) is 1.64. The van der Waals surface area contributed by atoms with E-state index in [1.807, 2.05) is 30.5 Å². The van der Waals surface area contributed by atoms with Crippen molar-refractivity contribution in [1.82, 2.24) is 9.97 Å². The molecule has 0 aliphatic carbocycles. The Morgan fingerprint density at radius 2 is 2.31 bits per heavy atom. The van der Waals surface area contributed by atoms with Crippen molar-refractivity contribution in [3.63, 3.8) is 0 Å². The summed E-state index contributed by atoms with van der Waals surface area (Å²) in [7, 11) is 0. The summed E-state index contributed by atoms with van der Waals surface area (Å²) in [4.78, 5) is 7.29. The third kappa shape index (κ3) is 1.42. The van der Waals surface area contributed by atoms with Gasteiger partial charge in [-0.1, -0.05) is 0 Å². The summed E-state index contributed by atoms with van der Waals surface area (Å²) >= 11 is 0. The van der Waals surface area contributed by atoms with Gasteiger partial charge >= 0.3 is 0 Å². The predicted octanol–water partition coefficient (Wildman–Crippen LogP) is 2.10. The smallest absolute Gasteiger partial charge is 0.137 e. The van der Waals surface area contributed by atoms with Gasteiger partial charge in [0, 0.05) is 17.7 Å². The van der Waals surface area contributed by atoms with Gasteiger partial charge in [0.1, 0.15) is 5.65 Å². The molecule has 2 heterocycles. The number of pyridine rings is 1. The molecule has 0 aliphatic rings. The van der Waals surface area contributed by atoms with Crippen molar-refractivity contribution in [2.45, 2.75) is 0 Å². The molecule has 2 rings (SSSR count). The molecule has 0 atom stereocenters. The van der Waals surface area contributed by atoms with Crippen molar-refractivity contribution in [1.29, 1.82) is 5.26 Å². The van der Waals surface area contributed by atoms with Crippen molar-refractivity contribution in [2.75, 3.05) is 0 Å². The van der Waals surface area contributed by atoms with E-state index in [1.165, 1.54) is 6.08 Å². The molecule has 0 saturated heterocycles. The van der Waals surface area contributed by atoms with Gasteiger partial charge in [-0.3, -0.25) is 0 Å². The summed E-state index contributed by atoms with van der Waals surface area (Å²) < 4.78 is 0. The Kier molecular flexibility index (Phi) is 1.81. The van der Waals surface area contributed by atoms with Crippen LogP contribution >= 0.6 is 0 Å². The van der Waals surface area contributed by atoms with E-state index in [0.717, 1.165) is 16.7 Å². The summed E-state index contributed by atoms with van der Waals surface area (Å²) in [5, 5.41) is 9.41. The van der Waals surface area contributed by atoms with E-state index in [4.69, 9.17) is 5.26 Å². The molecular weight excluding hydrogens is 162 g/mol. The molecule has 1 N–H and O–H groups in total. The number of hydrogen-bond donors (Lipinski definition) is 1. The summed E-state index contributed by atoms with van der Waals surface area (Å²) in [6.45, 7) is 0. The largest absolute Gasteiger partial charge is 0.346 e. The van der Waals surface area contributed by atoms with Crippen LogP contribution in [0, 0.1) is 11.3 Å². The number of nitrogens with zero attached hydrogens (tertiary/aromatic N) is 2. The van der Waals surface area contributed by atoms with Crippen molar-refractivity contribution in [2.24, 2.45) is 0 Å².